The van der Waals surface area contributed by atoms with E-state index in [0.29, 0.717) is 13.2 Å². The Morgan fingerprint density at radius 1 is 1.00 bits per heavy atom. The molecule has 4 rings (SSSR count). The Morgan fingerprint density at radius 3 is 2.46 bits per heavy atom. The van der Waals surface area contributed by atoms with E-state index in [-0.39, 0.29) is 6.42 Å². The fourth-order valence-electron chi connectivity index (χ4n) is 3.92. The predicted octanol–water partition coefficient (Wildman–Crippen LogP) is 3.95. The molecule has 1 saturated heterocycles. The van der Waals surface area contributed by atoms with Gasteiger partial charge in [0.15, 0.2) is 0 Å². The molecule has 0 atom stereocenters. The van der Waals surface area contributed by atoms with Gasteiger partial charge in [-0.2, -0.15) is 0 Å². The number of fused-ring (bicyclic) bond motifs is 2. The Bertz CT molecular complexity index is 796. The Labute approximate surface area is 153 Å². The van der Waals surface area contributed by atoms with Crippen LogP contribution in [0.2, 0.25) is 0 Å². The Hall–Kier alpha value is -2.59. The summed E-state index contributed by atoms with van der Waals surface area (Å²) in [5.74, 6) is 0.220. The second kappa shape index (κ2) is 7.34. The minimum absolute atomic E-state index is 0.214. The summed E-state index contributed by atoms with van der Waals surface area (Å²) < 4.78 is 6.07. The number of hydrogen-bond donors (Lipinski definition) is 1. The molecule has 4 heteroatoms. The third-order valence-corrected chi connectivity index (χ3v) is 5.28. The van der Waals surface area contributed by atoms with E-state index in [0.717, 1.165) is 31.7 Å². The first-order valence-corrected chi connectivity index (χ1v) is 9.19. The van der Waals surface area contributed by atoms with E-state index >= 15 is 0 Å². The fourth-order valence-corrected chi connectivity index (χ4v) is 3.92. The largest absolute Gasteiger partial charge is 0.488 e. The SMILES string of the molecule is O=C(O)CCN1CCC(=C2c3ccccc3COc3ccccc32)CC1. The zero-order valence-corrected chi connectivity index (χ0v) is 14.8. The van der Waals surface area contributed by atoms with Crippen LogP contribution in [-0.2, 0) is 11.4 Å². The third kappa shape index (κ3) is 3.37. The zero-order chi connectivity index (χ0) is 17.9. The van der Waals surface area contributed by atoms with Crippen molar-refractivity contribution in [2.75, 3.05) is 19.6 Å². The number of nitrogens with zero attached hydrogens (tertiary/aromatic N) is 1. The Balaban J connectivity index is 1.69. The second-order valence-electron chi connectivity index (χ2n) is 6.91. The Morgan fingerprint density at radius 2 is 1.69 bits per heavy atom. The standard InChI is InChI=1S/C22H23NO3/c24-21(25)11-14-23-12-9-16(10-13-23)22-18-6-2-1-5-17(18)15-26-20-8-4-3-7-19(20)22/h1-8H,9-15H2,(H,24,25). The van der Waals surface area contributed by atoms with Crippen LogP contribution in [0, 0.1) is 0 Å². The molecule has 0 aromatic heterocycles. The molecule has 2 heterocycles. The molecule has 0 unspecified atom stereocenters. The zero-order valence-electron chi connectivity index (χ0n) is 14.8. The van der Waals surface area contributed by atoms with Crippen LogP contribution in [0.3, 0.4) is 0 Å². The number of carboxylic acid groups (broad SMARTS) is 1. The number of piperidine rings is 1. The summed E-state index contributed by atoms with van der Waals surface area (Å²) in [5, 5.41) is 8.90. The Kier molecular flexibility index (Phi) is 4.76. The van der Waals surface area contributed by atoms with Crippen LogP contribution < -0.4 is 4.74 Å². The lowest BCUT2D eigenvalue weighted by molar-refractivity contribution is -0.137. The lowest BCUT2D eigenvalue weighted by Gasteiger charge is -2.30. The summed E-state index contributed by atoms with van der Waals surface area (Å²) in [6.45, 7) is 3.05. The van der Waals surface area contributed by atoms with Crippen molar-refractivity contribution < 1.29 is 14.6 Å². The summed E-state index contributed by atoms with van der Waals surface area (Å²) in [6.07, 6.45) is 2.15. The van der Waals surface area contributed by atoms with Crippen LogP contribution >= 0.6 is 0 Å². The van der Waals surface area contributed by atoms with Crippen LogP contribution in [0.4, 0.5) is 0 Å². The monoisotopic (exact) mass is 349 g/mol. The van der Waals surface area contributed by atoms with Gasteiger partial charge in [0, 0.05) is 25.2 Å². The lowest BCUT2D eigenvalue weighted by Crippen LogP contribution is -2.33. The molecule has 0 spiro atoms. The van der Waals surface area contributed by atoms with Crippen molar-refractivity contribution in [3.05, 3.63) is 70.8 Å². The first kappa shape index (κ1) is 16.9. The van der Waals surface area contributed by atoms with Gasteiger partial charge < -0.3 is 14.7 Å². The van der Waals surface area contributed by atoms with E-state index in [2.05, 4.69) is 41.3 Å². The molecule has 26 heavy (non-hydrogen) atoms. The van der Waals surface area contributed by atoms with Crippen LogP contribution in [0.1, 0.15) is 36.0 Å². The normalized spacial score (nSPS) is 17.1. The number of para-hydroxylation sites is 1. The number of hydrogen-bond acceptors (Lipinski definition) is 3. The van der Waals surface area contributed by atoms with Gasteiger partial charge in [0.2, 0.25) is 0 Å². The number of carbonyl (C=O) groups is 1. The molecule has 0 saturated carbocycles. The first-order valence-electron chi connectivity index (χ1n) is 9.19. The van der Waals surface area contributed by atoms with Crippen LogP contribution in [0.5, 0.6) is 5.75 Å². The highest BCUT2D eigenvalue weighted by molar-refractivity contribution is 5.87. The molecular formula is C22H23NO3. The molecular weight excluding hydrogens is 326 g/mol. The van der Waals surface area contributed by atoms with Gasteiger partial charge in [-0.15, -0.1) is 0 Å². The molecule has 0 aliphatic carbocycles. The molecule has 0 bridgehead atoms. The van der Waals surface area contributed by atoms with Crippen LogP contribution in [-0.4, -0.2) is 35.6 Å². The van der Waals surface area contributed by atoms with Gasteiger partial charge in [0.05, 0.1) is 6.42 Å². The summed E-state index contributed by atoms with van der Waals surface area (Å²) in [7, 11) is 0. The van der Waals surface area contributed by atoms with E-state index in [9.17, 15) is 4.79 Å². The molecule has 2 aliphatic heterocycles. The number of rotatable bonds is 3. The molecule has 1 fully saturated rings. The topological polar surface area (TPSA) is 49.8 Å². The predicted molar refractivity (Wildman–Crippen MR) is 101 cm³/mol. The molecule has 0 radical (unpaired) electrons. The maximum Gasteiger partial charge on any atom is 0.304 e. The molecule has 2 aromatic rings. The summed E-state index contributed by atoms with van der Waals surface area (Å²) in [4.78, 5) is 13.1. The van der Waals surface area contributed by atoms with Gasteiger partial charge in [-0.05, 0) is 35.6 Å². The number of likely N-dealkylation sites (tertiary alicyclic amines) is 1. The van der Waals surface area contributed by atoms with Crippen LogP contribution in [0.15, 0.2) is 54.1 Å². The smallest absolute Gasteiger partial charge is 0.304 e. The van der Waals surface area contributed by atoms with E-state index in [4.69, 9.17) is 9.84 Å². The van der Waals surface area contributed by atoms with E-state index in [1.807, 2.05) is 12.1 Å². The van der Waals surface area contributed by atoms with Crippen molar-refractivity contribution >= 4 is 11.5 Å². The molecule has 4 nitrogen and oxygen atoms in total. The van der Waals surface area contributed by atoms with E-state index in [1.165, 1.54) is 27.8 Å². The maximum atomic E-state index is 10.8. The summed E-state index contributed by atoms with van der Waals surface area (Å²) in [5.41, 5.74) is 6.42. The van der Waals surface area contributed by atoms with Crippen molar-refractivity contribution in [3.63, 3.8) is 0 Å². The number of ether oxygens (including phenoxy) is 1. The quantitative estimate of drug-likeness (QED) is 0.911. The molecule has 1 N–H and O–H groups in total. The van der Waals surface area contributed by atoms with Gasteiger partial charge in [-0.3, -0.25) is 4.79 Å². The van der Waals surface area contributed by atoms with Crippen molar-refractivity contribution in [2.24, 2.45) is 0 Å². The first-order chi connectivity index (χ1) is 12.7. The second-order valence-corrected chi connectivity index (χ2v) is 6.91. The van der Waals surface area contributed by atoms with Gasteiger partial charge >= 0.3 is 5.97 Å². The highest BCUT2D eigenvalue weighted by atomic mass is 16.5. The number of carboxylic acids is 1. The van der Waals surface area contributed by atoms with Gasteiger partial charge in [0.25, 0.3) is 0 Å². The van der Waals surface area contributed by atoms with Crippen molar-refractivity contribution in [3.8, 4) is 5.75 Å². The maximum absolute atomic E-state index is 10.8. The minimum Gasteiger partial charge on any atom is -0.488 e. The van der Waals surface area contributed by atoms with Crippen molar-refractivity contribution in [1.82, 2.24) is 4.90 Å². The number of aliphatic carboxylic acids is 1. The highest BCUT2D eigenvalue weighted by Crippen LogP contribution is 2.40. The average molecular weight is 349 g/mol. The van der Waals surface area contributed by atoms with E-state index < -0.39 is 5.97 Å². The van der Waals surface area contributed by atoms with Gasteiger partial charge in [-0.1, -0.05) is 48.0 Å². The van der Waals surface area contributed by atoms with Gasteiger partial charge in [0.1, 0.15) is 12.4 Å². The summed E-state index contributed by atoms with van der Waals surface area (Å²) in [6, 6.07) is 16.8. The van der Waals surface area contributed by atoms with Gasteiger partial charge in [-0.25, -0.2) is 0 Å². The molecule has 0 amide bonds. The number of benzene rings is 2. The van der Waals surface area contributed by atoms with Crippen LogP contribution in [0.25, 0.3) is 5.57 Å². The highest BCUT2D eigenvalue weighted by Gasteiger charge is 2.24. The fraction of sp³-hybridized carbons (Fsp3) is 0.318. The van der Waals surface area contributed by atoms with Crippen molar-refractivity contribution in [1.29, 1.82) is 0 Å². The van der Waals surface area contributed by atoms with E-state index in [1.54, 1.807) is 0 Å². The summed E-state index contributed by atoms with van der Waals surface area (Å²) >= 11 is 0. The molecule has 134 valence electrons. The third-order valence-electron chi connectivity index (χ3n) is 5.28. The molecule has 2 aliphatic rings. The van der Waals surface area contributed by atoms with Crippen molar-refractivity contribution in [2.45, 2.75) is 25.9 Å². The molecule has 2 aromatic carbocycles. The lowest BCUT2D eigenvalue weighted by atomic mass is 9.86. The minimum atomic E-state index is -0.724. The average Bonchev–Trinajstić information content (AvgIpc) is 2.84.